The fourth-order valence-corrected chi connectivity index (χ4v) is 5.31. The van der Waals surface area contributed by atoms with Crippen LogP contribution in [-0.4, -0.2) is 34.7 Å². The zero-order chi connectivity index (χ0) is 18.7. The molecule has 1 aliphatic carbocycles. The Hall–Kier alpha value is -2.06. The molecule has 8 heteroatoms. The van der Waals surface area contributed by atoms with Gasteiger partial charge in [-0.05, 0) is 43.5 Å². The Bertz CT molecular complexity index is 979. The van der Waals surface area contributed by atoms with Gasteiger partial charge in [0.1, 0.15) is 11.6 Å². The first-order valence-electron chi connectivity index (χ1n) is 8.99. The van der Waals surface area contributed by atoms with Crippen LogP contribution in [-0.2, 0) is 16.4 Å². The van der Waals surface area contributed by atoms with E-state index in [-0.39, 0.29) is 5.75 Å². The third-order valence-electron chi connectivity index (χ3n) is 4.47. The van der Waals surface area contributed by atoms with Crippen molar-refractivity contribution in [3.8, 4) is 0 Å². The third-order valence-corrected chi connectivity index (χ3v) is 7.34. The highest BCUT2D eigenvalue weighted by Crippen LogP contribution is 2.40. The molecule has 0 aliphatic heterocycles. The second-order valence-electron chi connectivity index (χ2n) is 6.61. The van der Waals surface area contributed by atoms with Crippen LogP contribution in [0.25, 0.3) is 0 Å². The van der Waals surface area contributed by atoms with Crippen LogP contribution in [0.4, 0.5) is 0 Å². The van der Waals surface area contributed by atoms with E-state index in [0.29, 0.717) is 29.5 Å². The van der Waals surface area contributed by atoms with Crippen molar-refractivity contribution in [1.82, 2.24) is 14.8 Å². The van der Waals surface area contributed by atoms with Crippen molar-refractivity contribution in [3.05, 3.63) is 60.3 Å². The molecule has 142 valence electrons. The Labute approximate surface area is 162 Å². The summed E-state index contributed by atoms with van der Waals surface area (Å²) < 4.78 is 32.3. The summed E-state index contributed by atoms with van der Waals surface area (Å²) in [6.07, 6.45) is 4.53. The monoisotopic (exact) mass is 403 g/mol. The second-order valence-corrected chi connectivity index (χ2v) is 9.79. The Morgan fingerprint density at radius 2 is 1.93 bits per heavy atom. The molecule has 4 rings (SSSR count). The molecule has 0 atom stereocenters. The molecule has 1 aromatic carbocycles. The van der Waals surface area contributed by atoms with Gasteiger partial charge in [0.25, 0.3) is 0 Å². The van der Waals surface area contributed by atoms with E-state index < -0.39 is 9.84 Å². The van der Waals surface area contributed by atoms with Crippen molar-refractivity contribution in [2.75, 3.05) is 11.5 Å². The van der Waals surface area contributed by atoms with Crippen LogP contribution in [0.1, 0.15) is 36.8 Å². The lowest BCUT2D eigenvalue weighted by Gasteiger charge is -2.08. The van der Waals surface area contributed by atoms with E-state index in [1.807, 2.05) is 18.2 Å². The summed E-state index contributed by atoms with van der Waals surface area (Å²) in [6.45, 7) is 0.608. The normalized spacial score (nSPS) is 14.5. The van der Waals surface area contributed by atoms with Gasteiger partial charge in [0.2, 0.25) is 0 Å². The van der Waals surface area contributed by atoms with Crippen LogP contribution in [0.2, 0.25) is 0 Å². The molecule has 3 aromatic rings. The maximum absolute atomic E-state index is 12.4. The fraction of sp³-hybridized carbons (Fsp3) is 0.368. The van der Waals surface area contributed by atoms with Crippen molar-refractivity contribution in [2.45, 2.75) is 41.8 Å². The summed E-state index contributed by atoms with van der Waals surface area (Å²) in [6, 6.07) is 12.4. The average molecular weight is 404 g/mol. The number of rotatable bonds is 9. The highest BCUT2D eigenvalue weighted by Gasteiger charge is 2.30. The maximum atomic E-state index is 12.4. The molecular weight excluding hydrogens is 382 g/mol. The molecule has 0 bridgehead atoms. The van der Waals surface area contributed by atoms with Gasteiger partial charge in [-0.15, -0.1) is 10.2 Å². The first kappa shape index (κ1) is 18.3. The SMILES string of the molecule is O=S(=O)(CCCSc1nnc(C2CC2)n1Cc1ccco1)c1ccccc1. The van der Waals surface area contributed by atoms with E-state index in [2.05, 4.69) is 14.8 Å². The zero-order valence-electron chi connectivity index (χ0n) is 14.8. The predicted molar refractivity (Wildman–Crippen MR) is 104 cm³/mol. The molecule has 1 fully saturated rings. The van der Waals surface area contributed by atoms with E-state index >= 15 is 0 Å². The van der Waals surface area contributed by atoms with Crippen LogP contribution in [0.3, 0.4) is 0 Å². The van der Waals surface area contributed by atoms with E-state index in [9.17, 15) is 8.42 Å². The summed E-state index contributed by atoms with van der Waals surface area (Å²) in [5.74, 6) is 3.16. The predicted octanol–water partition coefficient (Wildman–Crippen LogP) is 3.75. The molecule has 0 spiro atoms. The number of furan rings is 1. The van der Waals surface area contributed by atoms with Crippen molar-refractivity contribution in [2.24, 2.45) is 0 Å². The summed E-state index contributed by atoms with van der Waals surface area (Å²) >= 11 is 1.55. The minimum Gasteiger partial charge on any atom is -0.467 e. The Kier molecular flexibility index (Phi) is 5.36. The molecular formula is C19H21N3O3S2. The van der Waals surface area contributed by atoms with Gasteiger partial charge in [-0.25, -0.2) is 8.42 Å². The zero-order valence-corrected chi connectivity index (χ0v) is 16.5. The van der Waals surface area contributed by atoms with Gasteiger partial charge in [0, 0.05) is 11.7 Å². The summed E-state index contributed by atoms with van der Waals surface area (Å²) in [7, 11) is -3.24. The smallest absolute Gasteiger partial charge is 0.191 e. The topological polar surface area (TPSA) is 78.0 Å². The molecule has 0 N–H and O–H groups in total. The largest absolute Gasteiger partial charge is 0.467 e. The molecule has 2 heterocycles. The van der Waals surface area contributed by atoms with Crippen LogP contribution >= 0.6 is 11.8 Å². The van der Waals surface area contributed by atoms with Gasteiger partial charge in [0.05, 0.1) is 23.5 Å². The lowest BCUT2D eigenvalue weighted by atomic mass is 10.3. The van der Waals surface area contributed by atoms with Crippen molar-refractivity contribution >= 4 is 21.6 Å². The quantitative estimate of drug-likeness (QED) is 0.400. The minimum atomic E-state index is -3.24. The molecule has 27 heavy (non-hydrogen) atoms. The lowest BCUT2D eigenvalue weighted by molar-refractivity contribution is 0.478. The van der Waals surface area contributed by atoms with Crippen LogP contribution in [0, 0.1) is 0 Å². The molecule has 0 amide bonds. The number of sulfone groups is 1. The van der Waals surface area contributed by atoms with Crippen LogP contribution < -0.4 is 0 Å². The summed E-state index contributed by atoms with van der Waals surface area (Å²) in [5, 5.41) is 9.53. The van der Waals surface area contributed by atoms with Gasteiger partial charge in [-0.3, -0.25) is 4.57 Å². The fourth-order valence-electron chi connectivity index (χ4n) is 2.92. The van der Waals surface area contributed by atoms with E-state index in [1.54, 1.807) is 42.3 Å². The lowest BCUT2D eigenvalue weighted by Crippen LogP contribution is -2.08. The highest BCUT2D eigenvalue weighted by atomic mass is 32.2. The number of nitrogens with zero attached hydrogens (tertiary/aromatic N) is 3. The molecule has 2 aromatic heterocycles. The number of thioether (sulfide) groups is 1. The van der Waals surface area contributed by atoms with Crippen molar-refractivity contribution in [1.29, 1.82) is 0 Å². The molecule has 0 saturated heterocycles. The van der Waals surface area contributed by atoms with Crippen molar-refractivity contribution in [3.63, 3.8) is 0 Å². The number of aromatic nitrogens is 3. The standard InChI is InChI=1S/C19H21N3O3S2/c23-27(24,17-7-2-1-3-8-17)13-5-12-26-19-21-20-18(15-9-10-15)22(19)14-16-6-4-11-25-16/h1-4,6-8,11,15H,5,9-10,12-14H2. The average Bonchev–Trinajstić information content (AvgIpc) is 3.24. The maximum Gasteiger partial charge on any atom is 0.191 e. The first-order valence-corrected chi connectivity index (χ1v) is 11.6. The Morgan fingerprint density at radius 1 is 1.11 bits per heavy atom. The van der Waals surface area contributed by atoms with Gasteiger partial charge in [-0.1, -0.05) is 30.0 Å². The Balaban J connectivity index is 1.38. The van der Waals surface area contributed by atoms with E-state index in [0.717, 1.165) is 29.6 Å². The molecule has 1 saturated carbocycles. The van der Waals surface area contributed by atoms with E-state index in [4.69, 9.17) is 4.42 Å². The van der Waals surface area contributed by atoms with Gasteiger partial charge in [0.15, 0.2) is 15.0 Å². The van der Waals surface area contributed by atoms with Crippen molar-refractivity contribution < 1.29 is 12.8 Å². The van der Waals surface area contributed by atoms with Gasteiger partial charge < -0.3 is 4.42 Å². The number of benzene rings is 1. The van der Waals surface area contributed by atoms with Gasteiger partial charge in [-0.2, -0.15) is 0 Å². The summed E-state index contributed by atoms with van der Waals surface area (Å²) in [4.78, 5) is 0.381. The third kappa shape index (κ3) is 4.44. The second kappa shape index (κ2) is 7.90. The molecule has 0 unspecified atom stereocenters. The highest BCUT2D eigenvalue weighted by molar-refractivity contribution is 7.99. The minimum absolute atomic E-state index is 0.131. The van der Waals surface area contributed by atoms with Gasteiger partial charge >= 0.3 is 0 Å². The van der Waals surface area contributed by atoms with Crippen LogP contribution in [0.5, 0.6) is 0 Å². The number of hydrogen-bond acceptors (Lipinski definition) is 6. The first-order chi connectivity index (χ1) is 13.1. The molecule has 1 aliphatic rings. The summed E-state index contributed by atoms with van der Waals surface area (Å²) in [5.41, 5.74) is 0. The molecule has 6 nitrogen and oxygen atoms in total. The van der Waals surface area contributed by atoms with E-state index in [1.165, 1.54) is 0 Å². The molecule has 0 radical (unpaired) electrons. The number of hydrogen-bond donors (Lipinski definition) is 0. The van der Waals surface area contributed by atoms with Crippen LogP contribution in [0.15, 0.2) is 63.2 Å². The Morgan fingerprint density at radius 3 is 2.63 bits per heavy atom.